The molecule has 1 atom stereocenters. The first-order valence-corrected chi connectivity index (χ1v) is 6.31. The molecule has 5 heteroatoms. The average molecular weight is 280 g/mol. The molecule has 0 radical (unpaired) electrons. The van der Waals surface area contributed by atoms with E-state index in [1.165, 1.54) is 6.07 Å². The van der Waals surface area contributed by atoms with Crippen LogP contribution in [0.3, 0.4) is 0 Å². The van der Waals surface area contributed by atoms with E-state index in [4.69, 9.17) is 17.4 Å². The summed E-state index contributed by atoms with van der Waals surface area (Å²) in [5, 5.41) is 0.121. The van der Waals surface area contributed by atoms with E-state index < -0.39 is 5.82 Å². The number of halogens is 2. The number of pyridine rings is 1. The van der Waals surface area contributed by atoms with Crippen molar-refractivity contribution in [2.45, 2.75) is 19.4 Å². The summed E-state index contributed by atoms with van der Waals surface area (Å²) in [7, 11) is 0. The molecular weight excluding hydrogens is 265 g/mol. The highest BCUT2D eigenvalue weighted by atomic mass is 35.5. The van der Waals surface area contributed by atoms with Gasteiger partial charge in [0.2, 0.25) is 0 Å². The molecule has 0 saturated heterocycles. The highest BCUT2D eigenvalue weighted by molar-refractivity contribution is 6.30. The van der Waals surface area contributed by atoms with Crippen LogP contribution >= 0.6 is 11.6 Å². The summed E-state index contributed by atoms with van der Waals surface area (Å²) in [6.07, 6.45) is 2.35. The Labute approximate surface area is 116 Å². The van der Waals surface area contributed by atoms with Crippen molar-refractivity contribution in [1.82, 2.24) is 10.4 Å². The van der Waals surface area contributed by atoms with Crippen LogP contribution in [0.25, 0.3) is 0 Å². The van der Waals surface area contributed by atoms with Crippen molar-refractivity contribution >= 4 is 11.6 Å². The smallest absolute Gasteiger partial charge is 0.141 e. The molecule has 19 heavy (non-hydrogen) atoms. The third-order valence-electron chi connectivity index (χ3n) is 3.05. The lowest BCUT2D eigenvalue weighted by atomic mass is 9.98. The fourth-order valence-corrected chi connectivity index (χ4v) is 2.23. The Balaban J connectivity index is 2.24. The first kappa shape index (κ1) is 13.9. The number of hydrazine groups is 1. The summed E-state index contributed by atoms with van der Waals surface area (Å²) in [5.41, 5.74) is 5.61. The molecule has 1 heterocycles. The lowest BCUT2D eigenvalue weighted by Gasteiger charge is -2.18. The zero-order valence-electron chi connectivity index (χ0n) is 10.5. The minimum atomic E-state index is -0.416. The maximum atomic E-state index is 13.1. The molecule has 100 valence electrons. The van der Waals surface area contributed by atoms with Gasteiger partial charge < -0.3 is 0 Å². The topological polar surface area (TPSA) is 50.9 Å². The molecule has 3 nitrogen and oxygen atoms in total. The molecule has 2 aromatic rings. The molecule has 0 fully saturated rings. The van der Waals surface area contributed by atoms with E-state index in [0.29, 0.717) is 6.42 Å². The van der Waals surface area contributed by atoms with Crippen LogP contribution in [0.4, 0.5) is 4.39 Å². The fraction of sp³-hybridized carbons (Fsp3) is 0.214. The van der Waals surface area contributed by atoms with E-state index in [0.717, 1.165) is 16.8 Å². The standard InChI is InChI=1S/C14H15ClFN3/c1-9-11(3-2-6-18-9)14(19-17)8-10-4-5-13(16)12(15)7-10/h2-7,14,19H,8,17H2,1H3. The van der Waals surface area contributed by atoms with Crippen LogP contribution in [0, 0.1) is 12.7 Å². The van der Waals surface area contributed by atoms with Gasteiger partial charge in [0.15, 0.2) is 0 Å². The number of nitrogens with zero attached hydrogens (tertiary/aromatic N) is 1. The predicted molar refractivity (Wildman–Crippen MR) is 74.2 cm³/mol. The second-order valence-electron chi connectivity index (χ2n) is 4.35. The van der Waals surface area contributed by atoms with Gasteiger partial charge in [-0.05, 0) is 42.7 Å². The van der Waals surface area contributed by atoms with E-state index in [2.05, 4.69) is 10.4 Å². The third kappa shape index (κ3) is 3.29. The molecule has 0 aliphatic heterocycles. The first-order chi connectivity index (χ1) is 9.11. The largest absolute Gasteiger partial charge is 0.271 e. The Hall–Kier alpha value is -1.49. The summed E-state index contributed by atoms with van der Waals surface area (Å²) >= 11 is 5.78. The summed E-state index contributed by atoms with van der Waals surface area (Å²) in [6, 6.07) is 8.43. The Morgan fingerprint density at radius 2 is 2.21 bits per heavy atom. The summed E-state index contributed by atoms with van der Waals surface area (Å²) in [6.45, 7) is 1.93. The average Bonchev–Trinajstić information content (AvgIpc) is 2.41. The molecule has 0 aliphatic carbocycles. The van der Waals surface area contributed by atoms with Gasteiger partial charge in [0.1, 0.15) is 5.82 Å². The van der Waals surface area contributed by atoms with Gasteiger partial charge in [0.05, 0.1) is 11.1 Å². The monoisotopic (exact) mass is 279 g/mol. The SMILES string of the molecule is Cc1ncccc1C(Cc1ccc(F)c(Cl)c1)NN. The van der Waals surface area contributed by atoms with Crippen molar-refractivity contribution in [2.24, 2.45) is 5.84 Å². The highest BCUT2D eigenvalue weighted by Gasteiger charge is 2.14. The number of aryl methyl sites for hydroxylation is 1. The molecular formula is C14H15ClFN3. The van der Waals surface area contributed by atoms with Crippen molar-refractivity contribution in [3.63, 3.8) is 0 Å². The van der Waals surface area contributed by atoms with Crippen LogP contribution in [0.2, 0.25) is 5.02 Å². The van der Waals surface area contributed by atoms with E-state index in [-0.39, 0.29) is 11.1 Å². The number of nitrogens with one attached hydrogen (secondary N) is 1. The quantitative estimate of drug-likeness (QED) is 0.668. The van der Waals surface area contributed by atoms with E-state index in [1.807, 2.05) is 19.1 Å². The third-order valence-corrected chi connectivity index (χ3v) is 3.34. The number of benzene rings is 1. The molecule has 2 rings (SSSR count). The van der Waals surface area contributed by atoms with Crippen LogP contribution < -0.4 is 11.3 Å². The van der Waals surface area contributed by atoms with E-state index in [1.54, 1.807) is 18.3 Å². The second-order valence-corrected chi connectivity index (χ2v) is 4.76. The van der Waals surface area contributed by atoms with Crippen LogP contribution in [-0.2, 0) is 6.42 Å². The zero-order valence-corrected chi connectivity index (χ0v) is 11.3. The minimum absolute atomic E-state index is 0.0878. The number of hydrogen-bond acceptors (Lipinski definition) is 3. The van der Waals surface area contributed by atoms with Gasteiger partial charge in [-0.1, -0.05) is 23.7 Å². The Morgan fingerprint density at radius 3 is 2.84 bits per heavy atom. The van der Waals surface area contributed by atoms with Gasteiger partial charge in [0.25, 0.3) is 0 Å². The molecule has 0 bridgehead atoms. The fourth-order valence-electron chi connectivity index (χ4n) is 2.03. The van der Waals surface area contributed by atoms with Gasteiger partial charge in [-0.3, -0.25) is 16.3 Å². The minimum Gasteiger partial charge on any atom is -0.271 e. The molecule has 1 aromatic heterocycles. The van der Waals surface area contributed by atoms with Gasteiger partial charge >= 0.3 is 0 Å². The van der Waals surface area contributed by atoms with Crippen LogP contribution in [-0.4, -0.2) is 4.98 Å². The molecule has 0 spiro atoms. The van der Waals surface area contributed by atoms with Crippen LogP contribution in [0.1, 0.15) is 22.9 Å². The molecule has 3 N–H and O–H groups in total. The summed E-state index contributed by atoms with van der Waals surface area (Å²) < 4.78 is 13.1. The van der Waals surface area contributed by atoms with Crippen molar-refractivity contribution in [2.75, 3.05) is 0 Å². The number of rotatable bonds is 4. The maximum Gasteiger partial charge on any atom is 0.141 e. The van der Waals surface area contributed by atoms with Crippen LogP contribution in [0.15, 0.2) is 36.5 Å². The Morgan fingerprint density at radius 1 is 1.42 bits per heavy atom. The Bertz CT molecular complexity index is 574. The van der Waals surface area contributed by atoms with E-state index in [9.17, 15) is 4.39 Å². The van der Waals surface area contributed by atoms with Gasteiger partial charge in [0, 0.05) is 11.9 Å². The van der Waals surface area contributed by atoms with Gasteiger partial charge in [-0.2, -0.15) is 0 Å². The summed E-state index contributed by atoms with van der Waals surface area (Å²) in [5.74, 6) is 5.19. The first-order valence-electron chi connectivity index (χ1n) is 5.93. The van der Waals surface area contributed by atoms with Crippen LogP contribution in [0.5, 0.6) is 0 Å². The van der Waals surface area contributed by atoms with E-state index >= 15 is 0 Å². The zero-order chi connectivity index (χ0) is 13.8. The lowest BCUT2D eigenvalue weighted by Crippen LogP contribution is -2.30. The molecule has 1 aromatic carbocycles. The second kappa shape index (κ2) is 6.10. The summed E-state index contributed by atoms with van der Waals surface area (Å²) in [4.78, 5) is 4.24. The highest BCUT2D eigenvalue weighted by Crippen LogP contribution is 2.22. The van der Waals surface area contributed by atoms with Crippen molar-refractivity contribution in [3.8, 4) is 0 Å². The molecule has 1 unspecified atom stereocenters. The Kier molecular flexibility index (Phi) is 4.47. The maximum absolute atomic E-state index is 13.1. The van der Waals surface area contributed by atoms with Crippen molar-refractivity contribution in [3.05, 3.63) is 64.2 Å². The lowest BCUT2D eigenvalue weighted by molar-refractivity contribution is 0.546. The number of hydrogen-bond donors (Lipinski definition) is 2. The number of nitrogens with two attached hydrogens (primary N) is 1. The van der Waals surface area contributed by atoms with Gasteiger partial charge in [-0.15, -0.1) is 0 Å². The molecule has 0 aliphatic rings. The van der Waals surface area contributed by atoms with Crippen molar-refractivity contribution < 1.29 is 4.39 Å². The van der Waals surface area contributed by atoms with Gasteiger partial charge in [-0.25, -0.2) is 4.39 Å². The number of aromatic nitrogens is 1. The molecule has 0 amide bonds. The normalized spacial score (nSPS) is 12.4. The molecule has 0 saturated carbocycles. The predicted octanol–water partition coefficient (Wildman–Crippen LogP) is 2.93. The van der Waals surface area contributed by atoms with Crippen molar-refractivity contribution in [1.29, 1.82) is 0 Å².